The summed E-state index contributed by atoms with van der Waals surface area (Å²) in [6.07, 6.45) is 0. The first-order valence-electron chi connectivity index (χ1n) is 9.65. The number of nitrogens with zero attached hydrogens (tertiary/aromatic N) is 2. The summed E-state index contributed by atoms with van der Waals surface area (Å²) in [5.74, 6) is -0.851. The number of hydrogen-bond donors (Lipinski definition) is 2. The van der Waals surface area contributed by atoms with E-state index in [1.807, 2.05) is 37.3 Å². The number of Topliss-reactive ketones (excluding diaryl/α,β-unsaturated/α-hetero) is 1. The van der Waals surface area contributed by atoms with E-state index in [1.165, 1.54) is 30.0 Å². The van der Waals surface area contributed by atoms with Gasteiger partial charge < -0.3 is 10.2 Å². The van der Waals surface area contributed by atoms with Crippen molar-refractivity contribution in [1.29, 1.82) is 0 Å². The third-order valence-electron chi connectivity index (χ3n) is 4.92. The van der Waals surface area contributed by atoms with Crippen molar-refractivity contribution in [3.8, 4) is 11.5 Å². The minimum absolute atomic E-state index is 0.0306. The van der Waals surface area contributed by atoms with E-state index in [-0.39, 0.29) is 34.2 Å². The molecule has 1 aromatic heterocycles. The minimum atomic E-state index is -0.351. The monoisotopic (exact) mass is 432 g/mol. The van der Waals surface area contributed by atoms with Crippen molar-refractivity contribution in [2.24, 2.45) is 0 Å². The SMILES string of the molecule is Cc1ccc(Cn2c(SCC(=O)c3ccc(O)c(O)c3)nc3ccccc3c2=O)cc1. The van der Waals surface area contributed by atoms with Crippen LogP contribution in [0.25, 0.3) is 10.9 Å². The van der Waals surface area contributed by atoms with Gasteiger partial charge >= 0.3 is 0 Å². The van der Waals surface area contributed by atoms with Crippen molar-refractivity contribution in [2.45, 2.75) is 18.6 Å². The summed E-state index contributed by atoms with van der Waals surface area (Å²) in [6.45, 7) is 2.34. The number of hydrogen-bond acceptors (Lipinski definition) is 6. The van der Waals surface area contributed by atoms with Gasteiger partial charge in [-0.25, -0.2) is 4.98 Å². The topological polar surface area (TPSA) is 92.4 Å². The highest BCUT2D eigenvalue weighted by molar-refractivity contribution is 7.99. The van der Waals surface area contributed by atoms with E-state index in [0.29, 0.717) is 22.6 Å². The number of aromatic hydroxyl groups is 2. The number of aromatic nitrogens is 2. The Balaban J connectivity index is 1.68. The summed E-state index contributed by atoms with van der Waals surface area (Å²) >= 11 is 1.17. The average molecular weight is 433 g/mol. The zero-order chi connectivity index (χ0) is 22.0. The third kappa shape index (κ3) is 4.46. The molecule has 0 aliphatic heterocycles. The van der Waals surface area contributed by atoms with Crippen molar-refractivity contribution in [2.75, 3.05) is 5.75 Å². The fourth-order valence-electron chi connectivity index (χ4n) is 3.18. The Morgan fingerprint density at radius 1 is 1.00 bits per heavy atom. The highest BCUT2D eigenvalue weighted by Gasteiger charge is 2.15. The zero-order valence-electron chi connectivity index (χ0n) is 16.8. The van der Waals surface area contributed by atoms with Crippen molar-refractivity contribution in [3.63, 3.8) is 0 Å². The van der Waals surface area contributed by atoms with Gasteiger partial charge in [-0.2, -0.15) is 0 Å². The molecule has 0 saturated carbocycles. The largest absolute Gasteiger partial charge is 0.504 e. The number of phenols is 2. The summed E-state index contributed by atoms with van der Waals surface area (Å²) in [4.78, 5) is 30.4. The van der Waals surface area contributed by atoms with Gasteiger partial charge in [-0.15, -0.1) is 0 Å². The number of thioether (sulfide) groups is 1. The normalized spacial score (nSPS) is 11.0. The second kappa shape index (κ2) is 8.65. The first-order valence-corrected chi connectivity index (χ1v) is 10.6. The lowest BCUT2D eigenvalue weighted by atomic mass is 10.1. The molecule has 7 heteroatoms. The van der Waals surface area contributed by atoms with Crippen LogP contribution in [-0.2, 0) is 6.54 Å². The smallest absolute Gasteiger partial charge is 0.262 e. The van der Waals surface area contributed by atoms with Gasteiger partial charge in [-0.1, -0.05) is 53.7 Å². The van der Waals surface area contributed by atoms with Crippen LogP contribution in [-0.4, -0.2) is 31.3 Å². The molecule has 0 unspecified atom stereocenters. The van der Waals surface area contributed by atoms with E-state index in [0.717, 1.165) is 11.1 Å². The van der Waals surface area contributed by atoms with Crippen molar-refractivity contribution < 1.29 is 15.0 Å². The summed E-state index contributed by atoms with van der Waals surface area (Å²) in [5.41, 5.74) is 2.77. The molecule has 2 N–H and O–H groups in total. The van der Waals surface area contributed by atoms with Crippen LogP contribution < -0.4 is 5.56 Å². The van der Waals surface area contributed by atoms with Crippen molar-refractivity contribution in [1.82, 2.24) is 9.55 Å². The standard InChI is InChI=1S/C24H20N2O4S/c1-15-6-8-16(9-7-15)13-26-23(30)18-4-2-3-5-19(18)25-24(26)31-14-22(29)17-10-11-20(27)21(28)12-17/h2-12,27-28H,13-14H2,1H3. The highest BCUT2D eigenvalue weighted by Crippen LogP contribution is 2.26. The Morgan fingerprint density at radius 2 is 1.74 bits per heavy atom. The number of phenolic OH excluding ortho intramolecular Hbond substituents is 2. The quantitative estimate of drug-likeness (QED) is 0.206. The molecule has 156 valence electrons. The van der Waals surface area contributed by atoms with Gasteiger partial charge in [0.25, 0.3) is 5.56 Å². The van der Waals surface area contributed by atoms with Crippen molar-refractivity contribution in [3.05, 3.63) is 93.8 Å². The van der Waals surface area contributed by atoms with E-state index in [9.17, 15) is 19.8 Å². The number of aryl methyl sites for hydroxylation is 1. The molecule has 0 amide bonds. The van der Waals surface area contributed by atoms with Gasteiger partial charge in [0, 0.05) is 5.56 Å². The summed E-state index contributed by atoms with van der Waals surface area (Å²) in [6, 6.07) is 19.0. The summed E-state index contributed by atoms with van der Waals surface area (Å²) in [7, 11) is 0. The van der Waals surface area contributed by atoms with Crippen LogP contribution in [0.2, 0.25) is 0 Å². The number of carbonyl (C=O) groups excluding carboxylic acids is 1. The van der Waals surface area contributed by atoms with E-state index in [1.54, 1.807) is 22.8 Å². The number of para-hydroxylation sites is 1. The maximum absolute atomic E-state index is 13.2. The molecule has 0 radical (unpaired) electrons. The number of ketones is 1. The summed E-state index contributed by atoms with van der Waals surface area (Å²) < 4.78 is 1.58. The first-order chi connectivity index (χ1) is 14.9. The van der Waals surface area contributed by atoms with Crippen LogP contribution >= 0.6 is 11.8 Å². The molecule has 4 aromatic rings. The maximum atomic E-state index is 13.2. The molecule has 3 aromatic carbocycles. The molecule has 0 saturated heterocycles. The van der Waals surface area contributed by atoms with Crippen LogP contribution in [0.3, 0.4) is 0 Å². The zero-order valence-corrected chi connectivity index (χ0v) is 17.6. The van der Waals surface area contributed by atoms with Gasteiger partial charge in [-0.3, -0.25) is 14.2 Å². The maximum Gasteiger partial charge on any atom is 0.262 e. The van der Waals surface area contributed by atoms with Crippen LogP contribution in [0.4, 0.5) is 0 Å². The Labute approximate surface area is 182 Å². The van der Waals surface area contributed by atoms with Gasteiger partial charge in [-0.05, 0) is 42.8 Å². The summed E-state index contributed by atoms with van der Waals surface area (Å²) in [5, 5.41) is 20.1. The first kappa shape index (κ1) is 20.7. The van der Waals surface area contributed by atoms with Crippen LogP contribution in [0.15, 0.2) is 76.7 Å². The lowest BCUT2D eigenvalue weighted by molar-refractivity contribution is 0.102. The molecule has 1 heterocycles. The van der Waals surface area contributed by atoms with Crippen molar-refractivity contribution >= 4 is 28.4 Å². The predicted octanol–water partition coefficient (Wildman–Crippen LogP) is 4.14. The van der Waals surface area contributed by atoms with Gasteiger partial charge in [0.1, 0.15) is 0 Å². The Hall–Kier alpha value is -3.58. The number of fused-ring (bicyclic) bond motifs is 1. The molecule has 0 atom stereocenters. The van der Waals surface area contributed by atoms with E-state index in [4.69, 9.17) is 0 Å². The van der Waals surface area contributed by atoms with Crippen LogP contribution in [0.5, 0.6) is 11.5 Å². The fourth-order valence-corrected chi connectivity index (χ4v) is 4.08. The van der Waals surface area contributed by atoms with E-state index in [2.05, 4.69) is 4.98 Å². The lowest BCUT2D eigenvalue weighted by Crippen LogP contribution is -2.24. The van der Waals surface area contributed by atoms with Gasteiger partial charge in [0.15, 0.2) is 22.4 Å². The second-order valence-corrected chi connectivity index (χ2v) is 8.15. The second-order valence-electron chi connectivity index (χ2n) is 7.20. The molecular weight excluding hydrogens is 412 g/mol. The molecular formula is C24H20N2O4S. The molecule has 0 aliphatic carbocycles. The van der Waals surface area contributed by atoms with E-state index >= 15 is 0 Å². The number of benzene rings is 3. The van der Waals surface area contributed by atoms with Crippen LogP contribution in [0, 0.1) is 6.92 Å². The number of carbonyl (C=O) groups is 1. The molecule has 6 nitrogen and oxygen atoms in total. The highest BCUT2D eigenvalue weighted by atomic mass is 32.2. The average Bonchev–Trinajstić information content (AvgIpc) is 2.77. The molecule has 0 aliphatic rings. The van der Waals surface area contributed by atoms with Crippen LogP contribution in [0.1, 0.15) is 21.5 Å². The minimum Gasteiger partial charge on any atom is -0.504 e. The Morgan fingerprint density at radius 3 is 2.48 bits per heavy atom. The molecule has 0 bridgehead atoms. The lowest BCUT2D eigenvalue weighted by Gasteiger charge is -2.13. The molecule has 0 fully saturated rings. The fraction of sp³-hybridized carbons (Fsp3) is 0.125. The van der Waals surface area contributed by atoms with E-state index < -0.39 is 0 Å². The number of rotatable bonds is 6. The predicted molar refractivity (Wildman–Crippen MR) is 121 cm³/mol. The molecule has 4 rings (SSSR count). The molecule has 31 heavy (non-hydrogen) atoms. The Kier molecular flexibility index (Phi) is 5.77. The molecule has 0 spiro atoms. The van der Waals surface area contributed by atoms with Gasteiger partial charge in [0.05, 0.1) is 23.2 Å². The third-order valence-corrected chi connectivity index (χ3v) is 5.89. The van der Waals surface area contributed by atoms with Gasteiger partial charge in [0.2, 0.25) is 0 Å². The Bertz CT molecular complexity index is 1330.